The van der Waals surface area contributed by atoms with Crippen molar-refractivity contribution in [2.45, 2.75) is 32.2 Å². The van der Waals surface area contributed by atoms with Crippen LogP contribution in [0.3, 0.4) is 0 Å². The Morgan fingerprint density at radius 1 is 1.30 bits per heavy atom. The third kappa shape index (κ3) is 4.71. The topological polar surface area (TPSA) is 79.0 Å². The summed E-state index contributed by atoms with van der Waals surface area (Å²) < 4.78 is 5.02. The first-order chi connectivity index (χ1) is 13.0. The Labute approximate surface area is 163 Å². The van der Waals surface area contributed by atoms with Crippen molar-refractivity contribution in [2.75, 3.05) is 31.6 Å². The largest absolute Gasteiger partial charge is 0.450 e. The van der Waals surface area contributed by atoms with E-state index in [0.717, 1.165) is 0 Å². The van der Waals surface area contributed by atoms with Gasteiger partial charge in [0.25, 0.3) is 0 Å². The van der Waals surface area contributed by atoms with Crippen LogP contribution < -0.4 is 5.32 Å². The van der Waals surface area contributed by atoms with E-state index in [1.807, 2.05) is 0 Å². The van der Waals surface area contributed by atoms with E-state index in [1.54, 1.807) is 41.0 Å². The molecular weight excluding hydrogens is 370 g/mol. The normalized spacial score (nSPS) is 20.7. The van der Waals surface area contributed by atoms with E-state index < -0.39 is 0 Å². The SMILES string of the molecule is CCOC(=O)N1CCC(N2CC(C(=O)Nc3cccc(Cl)c3)CC2=O)CC1. The lowest BCUT2D eigenvalue weighted by Gasteiger charge is -2.36. The van der Waals surface area contributed by atoms with Gasteiger partial charge in [-0.05, 0) is 38.0 Å². The second-order valence-corrected chi connectivity index (χ2v) is 7.30. The maximum absolute atomic E-state index is 12.5. The van der Waals surface area contributed by atoms with Gasteiger partial charge in [0, 0.05) is 42.8 Å². The number of halogens is 1. The van der Waals surface area contributed by atoms with Gasteiger partial charge in [0.15, 0.2) is 0 Å². The molecule has 0 aliphatic carbocycles. The van der Waals surface area contributed by atoms with Gasteiger partial charge in [0.05, 0.1) is 12.5 Å². The van der Waals surface area contributed by atoms with Gasteiger partial charge in [0.2, 0.25) is 11.8 Å². The van der Waals surface area contributed by atoms with E-state index >= 15 is 0 Å². The highest BCUT2D eigenvalue weighted by Crippen LogP contribution is 2.27. The third-order valence-electron chi connectivity index (χ3n) is 5.05. The average Bonchev–Trinajstić information content (AvgIpc) is 3.04. The summed E-state index contributed by atoms with van der Waals surface area (Å²) >= 11 is 5.94. The van der Waals surface area contributed by atoms with Gasteiger partial charge in [-0.2, -0.15) is 0 Å². The molecule has 2 saturated heterocycles. The van der Waals surface area contributed by atoms with E-state index in [9.17, 15) is 14.4 Å². The number of rotatable bonds is 4. The number of piperidine rings is 1. The van der Waals surface area contributed by atoms with E-state index in [0.29, 0.717) is 49.8 Å². The molecule has 2 aliphatic heterocycles. The molecule has 0 bridgehead atoms. The highest BCUT2D eigenvalue weighted by molar-refractivity contribution is 6.30. The number of likely N-dealkylation sites (tertiary alicyclic amines) is 2. The lowest BCUT2D eigenvalue weighted by atomic mass is 10.0. The number of nitrogens with one attached hydrogen (secondary N) is 1. The number of ether oxygens (including phenoxy) is 1. The minimum atomic E-state index is -0.375. The molecule has 2 aliphatic rings. The highest BCUT2D eigenvalue weighted by Gasteiger charge is 2.39. The molecule has 2 fully saturated rings. The Morgan fingerprint density at radius 2 is 2.04 bits per heavy atom. The molecule has 0 aromatic heterocycles. The monoisotopic (exact) mass is 393 g/mol. The molecule has 1 aromatic carbocycles. The summed E-state index contributed by atoms with van der Waals surface area (Å²) in [5.74, 6) is -0.549. The van der Waals surface area contributed by atoms with Crippen molar-refractivity contribution in [3.8, 4) is 0 Å². The fraction of sp³-hybridized carbons (Fsp3) is 0.526. The fourth-order valence-electron chi connectivity index (χ4n) is 3.65. The maximum Gasteiger partial charge on any atom is 0.409 e. The number of hydrogen-bond acceptors (Lipinski definition) is 4. The highest BCUT2D eigenvalue weighted by atomic mass is 35.5. The van der Waals surface area contributed by atoms with E-state index in [-0.39, 0.29) is 36.3 Å². The quantitative estimate of drug-likeness (QED) is 0.853. The van der Waals surface area contributed by atoms with Crippen LogP contribution in [-0.2, 0) is 14.3 Å². The number of amides is 3. The lowest BCUT2D eigenvalue weighted by molar-refractivity contribution is -0.130. The average molecular weight is 394 g/mol. The first-order valence-electron chi connectivity index (χ1n) is 9.25. The van der Waals surface area contributed by atoms with Crippen LogP contribution in [0, 0.1) is 5.92 Å². The summed E-state index contributed by atoms with van der Waals surface area (Å²) in [5, 5.41) is 3.38. The number of anilines is 1. The predicted octanol–water partition coefficient (Wildman–Crippen LogP) is 2.75. The number of nitrogens with zero attached hydrogens (tertiary/aromatic N) is 2. The molecule has 3 rings (SSSR count). The van der Waals surface area contributed by atoms with Crippen LogP contribution in [-0.4, -0.2) is 60.0 Å². The van der Waals surface area contributed by atoms with Crippen molar-refractivity contribution < 1.29 is 19.1 Å². The van der Waals surface area contributed by atoms with Crippen molar-refractivity contribution in [1.82, 2.24) is 9.80 Å². The van der Waals surface area contributed by atoms with E-state index in [2.05, 4.69) is 5.32 Å². The Hall–Kier alpha value is -2.28. The number of hydrogen-bond donors (Lipinski definition) is 1. The summed E-state index contributed by atoms with van der Waals surface area (Å²) in [4.78, 5) is 40.2. The second kappa shape index (κ2) is 8.61. The Bertz CT molecular complexity index is 719. The molecular formula is C19H24ClN3O4. The Balaban J connectivity index is 1.53. The molecule has 146 valence electrons. The fourth-order valence-corrected chi connectivity index (χ4v) is 3.84. The molecule has 7 nitrogen and oxygen atoms in total. The maximum atomic E-state index is 12.5. The van der Waals surface area contributed by atoms with E-state index in [1.165, 1.54) is 0 Å². The summed E-state index contributed by atoms with van der Waals surface area (Å²) in [6.07, 6.45) is 1.31. The number of carbonyl (C=O) groups is 3. The van der Waals surface area contributed by atoms with Gasteiger partial charge in [-0.3, -0.25) is 9.59 Å². The van der Waals surface area contributed by atoms with Crippen LogP contribution in [0.2, 0.25) is 5.02 Å². The van der Waals surface area contributed by atoms with Gasteiger partial charge in [-0.1, -0.05) is 17.7 Å². The lowest BCUT2D eigenvalue weighted by Crippen LogP contribution is -2.47. The van der Waals surface area contributed by atoms with Crippen LogP contribution in [0.4, 0.5) is 10.5 Å². The van der Waals surface area contributed by atoms with Crippen molar-refractivity contribution in [3.63, 3.8) is 0 Å². The van der Waals surface area contributed by atoms with Crippen LogP contribution >= 0.6 is 11.6 Å². The molecule has 1 N–H and O–H groups in total. The van der Waals surface area contributed by atoms with Crippen LogP contribution in [0.15, 0.2) is 24.3 Å². The molecule has 3 amide bonds. The number of carbonyl (C=O) groups excluding carboxylic acids is 3. The zero-order valence-electron chi connectivity index (χ0n) is 15.3. The van der Waals surface area contributed by atoms with Crippen molar-refractivity contribution in [1.29, 1.82) is 0 Å². The first-order valence-corrected chi connectivity index (χ1v) is 9.63. The first kappa shape index (κ1) is 19.5. The van der Waals surface area contributed by atoms with Gasteiger partial charge >= 0.3 is 6.09 Å². The van der Waals surface area contributed by atoms with E-state index in [4.69, 9.17) is 16.3 Å². The summed E-state index contributed by atoms with van der Waals surface area (Å²) in [6.45, 7) is 3.67. The smallest absolute Gasteiger partial charge is 0.409 e. The van der Waals surface area contributed by atoms with Crippen LogP contribution in [0.5, 0.6) is 0 Å². The standard InChI is InChI=1S/C19H24ClN3O4/c1-2-27-19(26)22-8-6-16(7-9-22)23-12-13(10-17(23)24)18(25)21-15-5-3-4-14(20)11-15/h3-5,11,13,16H,2,6-10,12H2,1H3,(H,21,25). The van der Waals surface area contributed by atoms with Gasteiger partial charge in [-0.15, -0.1) is 0 Å². The summed E-state index contributed by atoms with van der Waals surface area (Å²) in [6, 6.07) is 7.01. The molecule has 27 heavy (non-hydrogen) atoms. The summed E-state index contributed by atoms with van der Waals surface area (Å²) in [5.41, 5.74) is 0.626. The molecule has 0 radical (unpaired) electrons. The molecule has 1 unspecified atom stereocenters. The summed E-state index contributed by atoms with van der Waals surface area (Å²) in [7, 11) is 0. The minimum Gasteiger partial charge on any atom is -0.450 e. The second-order valence-electron chi connectivity index (χ2n) is 6.86. The molecule has 8 heteroatoms. The molecule has 1 aromatic rings. The Kier molecular flexibility index (Phi) is 6.21. The van der Waals surface area contributed by atoms with Crippen molar-refractivity contribution >= 4 is 35.2 Å². The van der Waals surface area contributed by atoms with Gasteiger partial charge in [-0.25, -0.2) is 4.79 Å². The van der Waals surface area contributed by atoms with Crippen molar-refractivity contribution in [3.05, 3.63) is 29.3 Å². The van der Waals surface area contributed by atoms with Gasteiger partial charge in [0.1, 0.15) is 0 Å². The predicted molar refractivity (Wildman–Crippen MR) is 102 cm³/mol. The minimum absolute atomic E-state index is 0.00386. The molecule has 0 spiro atoms. The molecule has 1 atom stereocenters. The zero-order valence-corrected chi connectivity index (χ0v) is 16.1. The zero-order chi connectivity index (χ0) is 19.4. The number of benzene rings is 1. The van der Waals surface area contributed by atoms with Gasteiger partial charge < -0.3 is 19.9 Å². The third-order valence-corrected chi connectivity index (χ3v) is 5.29. The van der Waals surface area contributed by atoms with Crippen LogP contribution in [0.1, 0.15) is 26.2 Å². The Morgan fingerprint density at radius 3 is 2.70 bits per heavy atom. The molecule has 2 heterocycles. The van der Waals surface area contributed by atoms with Crippen molar-refractivity contribution in [2.24, 2.45) is 5.92 Å². The van der Waals surface area contributed by atoms with Crippen LogP contribution in [0.25, 0.3) is 0 Å². The molecule has 0 saturated carbocycles.